The first-order chi connectivity index (χ1) is 14.7. The quantitative estimate of drug-likeness (QED) is 0.732. The Bertz CT molecular complexity index is 1180. The van der Waals surface area contributed by atoms with E-state index in [2.05, 4.69) is 27.3 Å². The topological polar surface area (TPSA) is 71.0 Å². The van der Waals surface area contributed by atoms with Gasteiger partial charge in [0.05, 0.1) is 23.5 Å². The van der Waals surface area contributed by atoms with Crippen LogP contribution in [0, 0.1) is 6.92 Å². The summed E-state index contributed by atoms with van der Waals surface area (Å²) >= 11 is 0. The third-order valence-corrected chi connectivity index (χ3v) is 6.38. The number of amides is 1. The Morgan fingerprint density at radius 3 is 2.90 bits per heavy atom. The molecule has 0 atom stereocenters. The van der Waals surface area contributed by atoms with Crippen molar-refractivity contribution in [1.82, 2.24) is 20.3 Å². The number of rotatable bonds is 3. The van der Waals surface area contributed by atoms with Crippen LogP contribution in [-0.2, 0) is 19.5 Å². The summed E-state index contributed by atoms with van der Waals surface area (Å²) in [6.45, 7) is 4.22. The van der Waals surface area contributed by atoms with Crippen molar-refractivity contribution in [2.75, 3.05) is 11.4 Å². The highest BCUT2D eigenvalue weighted by Gasteiger charge is 2.29. The number of hydrogen-bond acceptors (Lipinski definition) is 5. The van der Waals surface area contributed by atoms with E-state index in [1.54, 1.807) is 0 Å². The van der Waals surface area contributed by atoms with Gasteiger partial charge in [-0.2, -0.15) is 0 Å². The molecule has 3 aliphatic rings. The van der Waals surface area contributed by atoms with Gasteiger partial charge in [0.1, 0.15) is 5.82 Å². The van der Waals surface area contributed by atoms with Gasteiger partial charge < -0.3 is 10.2 Å². The summed E-state index contributed by atoms with van der Waals surface area (Å²) in [6.07, 6.45) is 7.27. The van der Waals surface area contributed by atoms with Crippen molar-refractivity contribution in [3.63, 3.8) is 0 Å². The third kappa shape index (κ3) is 2.86. The monoisotopic (exact) mass is 397 g/mol. The molecule has 1 N–H and O–H groups in total. The summed E-state index contributed by atoms with van der Waals surface area (Å²) in [5, 5.41) is 2.87. The highest BCUT2D eigenvalue weighted by Crippen LogP contribution is 2.43. The van der Waals surface area contributed by atoms with Gasteiger partial charge in [-0.05, 0) is 49.1 Å². The Kier molecular flexibility index (Phi) is 3.88. The molecule has 0 saturated heterocycles. The van der Waals surface area contributed by atoms with Gasteiger partial charge in [-0.1, -0.05) is 6.07 Å². The van der Waals surface area contributed by atoms with E-state index in [-0.39, 0.29) is 5.91 Å². The highest BCUT2D eigenvalue weighted by molar-refractivity contribution is 5.98. The van der Waals surface area contributed by atoms with Crippen molar-refractivity contribution < 1.29 is 4.79 Å². The van der Waals surface area contributed by atoms with Gasteiger partial charge >= 0.3 is 0 Å². The van der Waals surface area contributed by atoms with Crippen molar-refractivity contribution >= 4 is 11.7 Å². The molecule has 6 rings (SSSR count). The predicted molar refractivity (Wildman–Crippen MR) is 114 cm³/mol. The summed E-state index contributed by atoms with van der Waals surface area (Å²) in [7, 11) is 0. The van der Waals surface area contributed by atoms with E-state index in [1.807, 2.05) is 31.5 Å². The Balaban J connectivity index is 1.34. The molecule has 30 heavy (non-hydrogen) atoms. The van der Waals surface area contributed by atoms with Gasteiger partial charge in [-0.15, -0.1) is 0 Å². The number of hydrogen-bond donors (Lipinski definition) is 1. The smallest absolute Gasteiger partial charge is 0.253 e. The molecule has 1 aliphatic carbocycles. The normalized spacial score (nSPS) is 17.5. The lowest BCUT2D eigenvalue weighted by Gasteiger charge is -2.31. The van der Waals surface area contributed by atoms with Gasteiger partial charge in [-0.3, -0.25) is 14.8 Å². The predicted octanol–water partition coefficient (Wildman–Crippen LogP) is 3.53. The second-order valence-corrected chi connectivity index (χ2v) is 8.52. The zero-order valence-corrected chi connectivity index (χ0v) is 17.0. The van der Waals surface area contributed by atoms with Crippen LogP contribution in [0.15, 0.2) is 36.7 Å². The first-order valence-corrected chi connectivity index (χ1v) is 10.6. The minimum Gasteiger partial charge on any atom is -0.352 e. The first kappa shape index (κ1) is 17.6. The number of nitrogens with zero attached hydrogens (tertiary/aromatic N) is 4. The maximum absolute atomic E-state index is 11.9. The third-order valence-electron chi connectivity index (χ3n) is 6.38. The fourth-order valence-electron chi connectivity index (χ4n) is 4.65. The lowest BCUT2D eigenvalue weighted by molar-refractivity contribution is 0.0965. The maximum Gasteiger partial charge on any atom is 0.253 e. The molecule has 1 fully saturated rings. The Labute approximate surface area is 175 Å². The summed E-state index contributed by atoms with van der Waals surface area (Å²) in [5.41, 5.74) is 8.59. The number of pyridine rings is 3. The highest BCUT2D eigenvalue weighted by atomic mass is 16.1. The number of carbonyl (C=O) groups is 1. The van der Waals surface area contributed by atoms with Crippen molar-refractivity contribution in [1.29, 1.82) is 0 Å². The van der Waals surface area contributed by atoms with Crippen LogP contribution in [0.4, 0.5) is 5.82 Å². The van der Waals surface area contributed by atoms with Crippen LogP contribution in [0.2, 0.25) is 0 Å². The van der Waals surface area contributed by atoms with Gasteiger partial charge in [0, 0.05) is 54.6 Å². The van der Waals surface area contributed by atoms with E-state index in [4.69, 9.17) is 9.97 Å². The van der Waals surface area contributed by atoms with Crippen molar-refractivity contribution in [3.05, 3.63) is 70.4 Å². The molecule has 2 aliphatic heterocycles. The number of aromatic nitrogens is 3. The molecule has 150 valence electrons. The lowest BCUT2D eigenvalue weighted by Crippen LogP contribution is -2.32. The Morgan fingerprint density at radius 2 is 2.03 bits per heavy atom. The summed E-state index contributed by atoms with van der Waals surface area (Å²) in [5.74, 6) is 1.55. The van der Waals surface area contributed by atoms with E-state index in [1.165, 1.54) is 35.4 Å². The Morgan fingerprint density at radius 1 is 1.13 bits per heavy atom. The molecule has 1 amide bonds. The van der Waals surface area contributed by atoms with Crippen LogP contribution >= 0.6 is 0 Å². The minimum atomic E-state index is -0.0204. The van der Waals surface area contributed by atoms with Crippen LogP contribution in [0.1, 0.15) is 57.3 Å². The van der Waals surface area contributed by atoms with Crippen LogP contribution in [0.3, 0.4) is 0 Å². The van der Waals surface area contributed by atoms with Crippen LogP contribution in [0.5, 0.6) is 0 Å². The molecule has 5 heterocycles. The number of anilines is 1. The van der Waals surface area contributed by atoms with Crippen LogP contribution in [0.25, 0.3) is 11.1 Å². The van der Waals surface area contributed by atoms with Gasteiger partial charge in [0.25, 0.3) is 5.91 Å². The van der Waals surface area contributed by atoms with E-state index in [0.29, 0.717) is 18.0 Å². The molecular formula is C24H23N5O. The molecule has 6 heteroatoms. The maximum atomic E-state index is 11.9. The molecule has 3 aromatic rings. The van der Waals surface area contributed by atoms with Crippen LogP contribution in [-0.4, -0.2) is 27.4 Å². The standard InChI is InChI=1S/C24H23N5O/c1-14-9-19-21(12-27-24(19)30)28-23(14)29-8-6-20-17(13-29)10-16(11-26-20)18-3-2-7-25-22(18)15-4-5-15/h2-3,7,9-11,15H,4-6,8,12-13H2,1H3,(H,27,30). The molecule has 0 bridgehead atoms. The molecule has 3 aromatic heterocycles. The molecular weight excluding hydrogens is 374 g/mol. The molecule has 1 saturated carbocycles. The van der Waals surface area contributed by atoms with Crippen molar-refractivity contribution in [2.24, 2.45) is 0 Å². The molecule has 0 unspecified atom stereocenters. The average molecular weight is 397 g/mol. The number of carbonyl (C=O) groups excluding carboxylic acids is 1. The van der Waals surface area contributed by atoms with Gasteiger partial charge in [-0.25, -0.2) is 4.98 Å². The van der Waals surface area contributed by atoms with Gasteiger partial charge in [0.15, 0.2) is 0 Å². The second-order valence-electron chi connectivity index (χ2n) is 8.52. The first-order valence-electron chi connectivity index (χ1n) is 10.6. The zero-order valence-electron chi connectivity index (χ0n) is 17.0. The molecule has 0 radical (unpaired) electrons. The molecule has 6 nitrogen and oxygen atoms in total. The van der Waals surface area contributed by atoms with Crippen LogP contribution < -0.4 is 10.2 Å². The lowest BCUT2D eigenvalue weighted by atomic mass is 9.98. The Hall–Kier alpha value is -3.28. The molecule has 0 spiro atoms. The second kappa shape index (κ2) is 6.62. The number of aryl methyl sites for hydroxylation is 1. The minimum absolute atomic E-state index is 0.0204. The van der Waals surface area contributed by atoms with E-state index < -0.39 is 0 Å². The molecule has 0 aromatic carbocycles. The van der Waals surface area contributed by atoms with Gasteiger partial charge in [0.2, 0.25) is 0 Å². The number of nitrogens with one attached hydrogen (secondary N) is 1. The fraction of sp³-hybridized carbons (Fsp3) is 0.333. The SMILES string of the molecule is Cc1cc2c(nc1N1CCc3ncc(-c4cccnc4C4CC4)cc3C1)CNC2=O. The fourth-order valence-corrected chi connectivity index (χ4v) is 4.65. The average Bonchev–Trinajstić information content (AvgIpc) is 3.57. The van der Waals surface area contributed by atoms with E-state index in [0.717, 1.165) is 42.1 Å². The number of fused-ring (bicyclic) bond motifs is 2. The van der Waals surface area contributed by atoms with E-state index in [9.17, 15) is 4.79 Å². The summed E-state index contributed by atoms with van der Waals surface area (Å²) in [4.78, 5) is 28.6. The zero-order chi connectivity index (χ0) is 20.2. The van der Waals surface area contributed by atoms with E-state index >= 15 is 0 Å². The summed E-state index contributed by atoms with van der Waals surface area (Å²) < 4.78 is 0. The summed E-state index contributed by atoms with van der Waals surface area (Å²) in [6, 6.07) is 8.44. The van der Waals surface area contributed by atoms with Crippen molar-refractivity contribution in [3.8, 4) is 11.1 Å². The largest absolute Gasteiger partial charge is 0.352 e. The van der Waals surface area contributed by atoms with Crippen molar-refractivity contribution in [2.45, 2.75) is 45.2 Å².